The third-order valence-electron chi connectivity index (χ3n) is 4.32. The van der Waals surface area contributed by atoms with Crippen LogP contribution in [0.3, 0.4) is 0 Å². The molecule has 1 aromatic carbocycles. The van der Waals surface area contributed by atoms with E-state index >= 15 is 0 Å². The third-order valence-corrected chi connectivity index (χ3v) is 4.32. The maximum atomic E-state index is 12.8. The van der Waals surface area contributed by atoms with E-state index < -0.39 is 0 Å². The molecule has 0 aliphatic carbocycles. The van der Waals surface area contributed by atoms with Crippen molar-refractivity contribution in [3.05, 3.63) is 47.7 Å². The molecule has 0 radical (unpaired) electrons. The number of rotatable bonds is 9. The molecular formula is C21H25N3O3. The number of hydrogen-bond acceptors (Lipinski definition) is 5. The van der Waals surface area contributed by atoms with E-state index in [4.69, 9.17) is 9.26 Å². The SMILES string of the molecule is CCCCOCCCNC(=O)c1cc(-c2ccccc2)nc2onc(C)c12. The number of ether oxygens (including phenoxy) is 1. The average molecular weight is 367 g/mol. The molecule has 0 bridgehead atoms. The van der Waals surface area contributed by atoms with Gasteiger partial charge in [0.2, 0.25) is 0 Å². The van der Waals surface area contributed by atoms with Crippen molar-refractivity contribution < 1.29 is 14.1 Å². The van der Waals surface area contributed by atoms with Crippen LogP contribution in [0.1, 0.15) is 42.2 Å². The Kier molecular flexibility index (Phi) is 6.54. The van der Waals surface area contributed by atoms with Crippen LogP contribution in [0.5, 0.6) is 0 Å². The molecule has 0 spiro atoms. The second-order valence-electron chi connectivity index (χ2n) is 6.44. The quantitative estimate of drug-likeness (QED) is 0.575. The molecule has 2 heterocycles. The van der Waals surface area contributed by atoms with Crippen LogP contribution in [-0.4, -0.2) is 35.8 Å². The molecule has 0 fully saturated rings. The fourth-order valence-corrected chi connectivity index (χ4v) is 2.85. The van der Waals surface area contributed by atoms with Crippen LogP contribution in [-0.2, 0) is 4.74 Å². The van der Waals surface area contributed by atoms with Gasteiger partial charge in [-0.25, -0.2) is 4.98 Å². The Morgan fingerprint density at radius 1 is 1.19 bits per heavy atom. The Hall–Kier alpha value is -2.73. The molecule has 6 heteroatoms. The van der Waals surface area contributed by atoms with Gasteiger partial charge in [0.25, 0.3) is 11.6 Å². The summed E-state index contributed by atoms with van der Waals surface area (Å²) < 4.78 is 10.9. The Bertz CT molecular complexity index is 890. The molecule has 6 nitrogen and oxygen atoms in total. The highest BCUT2D eigenvalue weighted by Gasteiger charge is 2.19. The van der Waals surface area contributed by atoms with E-state index in [2.05, 4.69) is 22.4 Å². The number of amides is 1. The highest BCUT2D eigenvalue weighted by atomic mass is 16.5. The minimum atomic E-state index is -0.153. The number of nitrogens with one attached hydrogen (secondary N) is 1. The summed E-state index contributed by atoms with van der Waals surface area (Å²) in [6.45, 7) is 5.92. The zero-order valence-electron chi connectivity index (χ0n) is 15.8. The van der Waals surface area contributed by atoms with Crippen LogP contribution in [0.4, 0.5) is 0 Å². The van der Waals surface area contributed by atoms with Crippen LogP contribution in [0, 0.1) is 6.92 Å². The predicted octanol–water partition coefficient (Wildman–Crippen LogP) is 4.13. The van der Waals surface area contributed by atoms with Crippen molar-refractivity contribution in [1.29, 1.82) is 0 Å². The van der Waals surface area contributed by atoms with Crippen LogP contribution in [0.25, 0.3) is 22.4 Å². The lowest BCUT2D eigenvalue weighted by molar-refractivity contribution is 0.0942. The van der Waals surface area contributed by atoms with Crippen molar-refractivity contribution in [2.45, 2.75) is 33.1 Å². The third kappa shape index (κ3) is 4.71. The van der Waals surface area contributed by atoms with Crippen LogP contribution in [0.15, 0.2) is 40.9 Å². The van der Waals surface area contributed by atoms with E-state index in [1.54, 1.807) is 6.07 Å². The average Bonchev–Trinajstić information content (AvgIpc) is 3.08. The summed E-state index contributed by atoms with van der Waals surface area (Å²) in [6, 6.07) is 11.5. The van der Waals surface area contributed by atoms with E-state index in [0.29, 0.717) is 41.2 Å². The van der Waals surface area contributed by atoms with Gasteiger partial charge in [-0.1, -0.05) is 48.8 Å². The fraction of sp³-hybridized carbons (Fsp3) is 0.381. The molecule has 142 valence electrons. The Morgan fingerprint density at radius 2 is 1.96 bits per heavy atom. The first-order valence-electron chi connectivity index (χ1n) is 9.39. The number of carbonyl (C=O) groups is 1. The van der Waals surface area contributed by atoms with Crippen molar-refractivity contribution in [3.63, 3.8) is 0 Å². The summed E-state index contributed by atoms with van der Waals surface area (Å²) in [5.74, 6) is -0.153. The molecule has 0 atom stereocenters. The number of pyridine rings is 1. The molecule has 27 heavy (non-hydrogen) atoms. The number of nitrogens with zero attached hydrogens (tertiary/aromatic N) is 2. The number of benzene rings is 1. The number of fused-ring (bicyclic) bond motifs is 1. The van der Waals surface area contributed by atoms with Crippen LogP contribution in [0.2, 0.25) is 0 Å². The van der Waals surface area contributed by atoms with Crippen molar-refractivity contribution >= 4 is 17.0 Å². The van der Waals surface area contributed by atoms with Gasteiger partial charge in [-0.2, -0.15) is 0 Å². The molecule has 0 unspecified atom stereocenters. The van der Waals surface area contributed by atoms with Crippen LogP contribution >= 0.6 is 0 Å². The summed E-state index contributed by atoms with van der Waals surface area (Å²) >= 11 is 0. The Labute approximate surface area is 158 Å². The van der Waals surface area contributed by atoms with Crippen molar-refractivity contribution in [2.75, 3.05) is 19.8 Å². The number of aromatic nitrogens is 2. The summed E-state index contributed by atoms with van der Waals surface area (Å²) in [4.78, 5) is 17.3. The number of carbonyl (C=O) groups excluding carboxylic acids is 1. The number of unbranched alkanes of at least 4 members (excludes halogenated alkanes) is 1. The molecule has 0 aliphatic heterocycles. The zero-order chi connectivity index (χ0) is 19.1. The molecule has 3 rings (SSSR count). The maximum Gasteiger partial charge on any atom is 0.259 e. The molecule has 0 saturated carbocycles. The monoisotopic (exact) mass is 367 g/mol. The normalized spacial score (nSPS) is 11.0. The summed E-state index contributed by atoms with van der Waals surface area (Å²) in [7, 11) is 0. The largest absolute Gasteiger partial charge is 0.381 e. The maximum absolute atomic E-state index is 12.8. The second kappa shape index (κ2) is 9.28. The summed E-state index contributed by atoms with van der Waals surface area (Å²) in [5.41, 5.74) is 3.18. The zero-order valence-corrected chi connectivity index (χ0v) is 15.8. The molecule has 0 aliphatic rings. The molecule has 1 amide bonds. The van der Waals surface area contributed by atoms with Gasteiger partial charge in [0.15, 0.2) is 0 Å². The minimum absolute atomic E-state index is 0.153. The lowest BCUT2D eigenvalue weighted by atomic mass is 10.1. The molecule has 0 saturated heterocycles. The van der Waals surface area contributed by atoms with Gasteiger partial charge in [-0.15, -0.1) is 0 Å². The van der Waals surface area contributed by atoms with Gasteiger partial charge in [0.05, 0.1) is 22.3 Å². The Morgan fingerprint density at radius 3 is 2.74 bits per heavy atom. The summed E-state index contributed by atoms with van der Waals surface area (Å²) in [5, 5.41) is 7.59. The van der Waals surface area contributed by atoms with E-state index in [1.807, 2.05) is 37.3 Å². The van der Waals surface area contributed by atoms with Gasteiger partial charge in [0, 0.05) is 25.3 Å². The fourth-order valence-electron chi connectivity index (χ4n) is 2.85. The van der Waals surface area contributed by atoms with Crippen LogP contribution < -0.4 is 5.32 Å². The first-order valence-corrected chi connectivity index (χ1v) is 9.39. The van der Waals surface area contributed by atoms with E-state index in [-0.39, 0.29) is 5.91 Å². The standard InChI is InChI=1S/C21H25N3O3/c1-3-4-12-26-13-8-11-22-20(25)17-14-18(16-9-6-5-7-10-16)23-21-19(17)15(2)24-27-21/h5-7,9-10,14H,3-4,8,11-13H2,1-2H3,(H,22,25). The van der Waals surface area contributed by atoms with Gasteiger partial charge >= 0.3 is 0 Å². The van der Waals surface area contributed by atoms with Crippen molar-refractivity contribution in [3.8, 4) is 11.3 Å². The minimum Gasteiger partial charge on any atom is -0.381 e. The topological polar surface area (TPSA) is 77.2 Å². The number of hydrogen-bond donors (Lipinski definition) is 1. The number of aryl methyl sites for hydroxylation is 1. The predicted molar refractivity (Wildman–Crippen MR) is 105 cm³/mol. The lowest BCUT2D eigenvalue weighted by Crippen LogP contribution is -2.25. The second-order valence-corrected chi connectivity index (χ2v) is 6.44. The van der Waals surface area contributed by atoms with Gasteiger partial charge in [-0.05, 0) is 25.8 Å². The Balaban J connectivity index is 1.74. The van der Waals surface area contributed by atoms with Gasteiger partial charge < -0.3 is 14.6 Å². The van der Waals surface area contributed by atoms with E-state index in [1.165, 1.54) is 0 Å². The molecule has 1 N–H and O–H groups in total. The van der Waals surface area contributed by atoms with E-state index in [9.17, 15) is 4.79 Å². The molecule has 2 aromatic heterocycles. The van der Waals surface area contributed by atoms with Gasteiger partial charge in [0.1, 0.15) is 0 Å². The van der Waals surface area contributed by atoms with Gasteiger partial charge in [-0.3, -0.25) is 4.79 Å². The summed E-state index contributed by atoms with van der Waals surface area (Å²) in [6.07, 6.45) is 2.96. The first-order chi connectivity index (χ1) is 13.2. The molecule has 3 aromatic rings. The van der Waals surface area contributed by atoms with Crippen molar-refractivity contribution in [2.24, 2.45) is 0 Å². The lowest BCUT2D eigenvalue weighted by Gasteiger charge is -2.09. The van der Waals surface area contributed by atoms with Crippen molar-refractivity contribution in [1.82, 2.24) is 15.5 Å². The highest BCUT2D eigenvalue weighted by Crippen LogP contribution is 2.26. The molecular weight excluding hydrogens is 342 g/mol. The smallest absolute Gasteiger partial charge is 0.259 e. The first kappa shape index (κ1) is 19.0. The van der Waals surface area contributed by atoms with E-state index in [0.717, 1.165) is 31.4 Å². The highest BCUT2D eigenvalue weighted by molar-refractivity contribution is 6.06.